The molecule has 9 heteroatoms. The molecule has 0 amide bonds. The first-order valence-electron chi connectivity index (χ1n) is 7.36. The number of nitrogens with zero attached hydrogens (tertiary/aromatic N) is 3. The average Bonchev–Trinajstić information content (AvgIpc) is 2.96. The molecular formula is C14H20BN5O3. The number of rotatable bonds is 3. The fraction of sp³-hybridized carbons (Fsp3) is 0.500. The number of aliphatic hydroxyl groups is 1. The molecule has 0 atom stereocenters. The Morgan fingerprint density at radius 2 is 1.96 bits per heavy atom. The number of nitrogen functional groups attached to an aromatic ring is 1. The highest BCUT2D eigenvalue weighted by molar-refractivity contribution is 6.55. The maximum atomic E-state index is 9.74. The summed E-state index contributed by atoms with van der Waals surface area (Å²) in [7, 11) is -0.644. The van der Waals surface area contributed by atoms with E-state index in [1.807, 2.05) is 27.7 Å². The van der Waals surface area contributed by atoms with Crippen molar-refractivity contribution in [3.8, 4) is 0 Å². The predicted octanol–water partition coefficient (Wildman–Crippen LogP) is 0.942. The smallest absolute Gasteiger partial charge is 0.400 e. The quantitative estimate of drug-likeness (QED) is 0.721. The summed E-state index contributed by atoms with van der Waals surface area (Å²) < 4.78 is 11.9. The second-order valence-corrected chi connectivity index (χ2v) is 6.56. The summed E-state index contributed by atoms with van der Waals surface area (Å²) in [6.07, 6.45) is 3.07. The molecule has 4 N–H and O–H groups in total. The van der Waals surface area contributed by atoms with Gasteiger partial charge in [0.05, 0.1) is 28.9 Å². The van der Waals surface area contributed by atoms with Gasteiger partial charge in [-0.05, 0) is 39.2 Å². The summed E-state index contributed by atoms with van der Waals surface area (Å²) in [4.78, 5) is 8.02. The Morgan fingerprint density at radius 3 is 2.57 bits per heavy atom. The van der Waals surface area contributed by atoms with Crippen LogP contribution in [-0.2, 0) is 9.31 Å². The fourth-order valence-corrected chi connectivity index (χ4v) is 2.37. The molecule has 23 heavy (non-hydrogen) atoms. The Kier molecular flexibility index (Phi) is 3.66. The molecule has 3 rings (SSSR count). The first-order chi connectivity index (χ1) is 10.7. The summed E-state index contributed by atoms with van der Waals surface area (Å²) in [6, 6.07) is 0. The van der Waals surface area contributed by atoms with E-state index in [4.69, 9.17) is 15.0 Å². The minimum absolute atomic E-state index is 0.217. The van der Waals surface area contributed by atoms with E-state index in [0.717, 1.165) is 0 Å². The van der Waals surface area contributed by atoms with E-state index < -0.39 is 18.3 Å². The Labute approximate surface area is 134 Å². The minimum Gasteiger partial charge on any atom is -0.400 e. The van der Waals surface area contributed by atoms with Crippen molar-refractivity contribution in [3.63, 3.8) is 0 Å². The number of aliphatic hydroxyl groups excluding tert-OH is 1. The van der Waals surface area contributed by atoms with Crippen LogP contribution in [0.3, 0.4) is 0 Å². The number of nitrogens with two attached hydrogens (primary N) is 1. The number of fused-ring (bicyclic) bond motifs is 1. The van der Waals surface area contributed by atoms with Gasteiger partial charge in [-0.25, -0.2) is 9.97 Å². The predicted molar refractivity (Wildman–Crippen MR) is 87.2 cm³/mol. The molecule has 1 fully saturated rings. The minimum atomic E-state index is -0.644. The summed E-state index contributed by atoms with van der Waals surface area (Å²) in [6.45, 7) is 7.61. The van der Waals surface area contributed by atoms with Crippen molar-refractivity contribution in [1.29, 1.82) is 0 Å². The van der Waals surface area contributed by atoms with Crippen molar-refractivity contribution in [1.82, 2.24) is 20.2 Å². The first-order valence-corrected chi connectivity index (χ1v) is 7.36. The molecule has 1 saturated heterocycles. The highest BCUT2D eigenvalue weighted by Gasteiger charge is 2.52. The molecule has 0 radical (unpaired) electrons. The van der Waals surface area contributed by atoms with E-state index in [1.165, 1.54) is 6.33 Å². The van der Waals surface area contributed by atoms with Crippen molar-refractivity contribution >= 4 is 30.0 Å². The summed E-state index contributed by atoms with van der Waals surface area (Å²) >= 11 is 0. The Bertz CT molecular complexity index is 755. The van der Waals surface area contributed by atoms with Gasteiger partial charge in [0, 0.05) is 0 Å². The van der Waals surface area contributed by atoms with Crippen molar-refractivity contribution in [2.75, 3.05) is 12.3 Å². The second-order valence-electron chi connectivity index (χ2n) is 6.56. The van der Waals surface area contributed by atoms with Crippen molar-refractivity contribution in [2.45, 2.75) is 38.9 Å². The van der Waals surface area contributed by atoms with E-state index in [0.29, 0.717) is 28.0 Å². The third kappa shape index (κ3) is 2.60. The van der Waals surface area contributed by atoms with Crippen LogP contribution in [0.25, 0.3) is 17.1 Å². The third-order valence-corrected chi connectivity index (χ3v) is 4.48. The van der Waals surface area contributed by atoms with Gasteiger partial charge in [-0.3, -0.25) is 5.10 Å². The number of H-pyrrole nitrogens is 1. The van der Waals surface area contributed by atoms with Crippen LogP contribution in [0, 0.1) is 0 Å². The lowest BCUT2D eigenvalue weighted by Crippen LogP contribution is -2.41. The number of aromatic amines is 1. The normalized spacial score (nSPS) is 20.4. The van der Waals surface area contributed by atoms with Gasteiger partial charge in [-0.15, -0.1) is 0 Å². The molecule has 0 spiro atoms. The van der Waals surface area contributed by atoms with E-state index >= 15 is 0 Å². The van der Waals surface area contributed by atoms with Gasteiger partial charge in [-0.2, -0.15) is 5.10 Å². The number of nitrogens with one attached hydrogen (secondary N) is 1. The van der Waals surface area contributed by atoms with Gasteiger partial charge < -0.3 is 20.1 Å². The van der Waals surface area contributed by atoms with E-state index in [1.54, 1.807) is 6.08 Å². The monoisotopic (exact) mass is 317 g/mol. The molecular weight excluding hydrogens is 297 g/mol. The maximum Gasteiger partial charge on any atom is 0.492 e. The molecule has 3 heterocycles. The van der Waals surface area contributed by atoms with Gasteiger partial charge in [0.15, 0.2) is 5.65 Å². The summed E-state index contributed by atoms with van der Waals surface area (Å²) in [5, 5.41) is 17.3. The zero-order valence-corrected chi connectivity index (χ0v) is 13.6. The van der Waals surface area contributed by atoms with Crippen LogP contribution in [0.2, 0.25) is 0 Å². The average molecular weight is 317 g/mol. The van der Waals surface area contributed by atoms with Crippen LogP contribution in [0.15, 0.2) is 11.8 Å². The van der Waals surface area contributed by atoms with Gasteiger partial charge in [0.2, 0.25) is 0 Å². The first kappa shape index (κ1) is 15.9. The fourth-order valence-electron chi connectivity index (χ4n) is 2.37. The molecule has 1 aliphatic heterocycles. The van der Waals surface area contributed by atoms with E-state index in [-0.39, 0.29) is 6.61 Å². The van der Waals surface area contributed by atoms with Crippen LogP contribution in [0.1, 0.15) is 33.4 Å². The molecule has 2 aromatic rings. The number of hydrogen-bond acceptors (Lipinski definition) is 7. The molecule has 2 aromatic heterocycles. The lowest BCUT2D eigenvalue weighted by Gasteiger charge is -2.32. The van der Waals surface area contributed by atoms with E-state index in [9.17, 15) is 5.11 Å². The maximum absolute atomic E-state index is 9.74. The molecule has 0 aliphatic carbocycles. The Balaban J connectivity index is 2.00. The highest BCUT2D eigenvalue weighted by Crippen LogP contribution is 2.38. The lowest BCUT2D eigenvalue weighted by molar-refractivity contribution is 0.00578. The zero-order chi connectivity index (χ0) is 16.8. The van der Waals surface area contributed by atoms with Crippen LogP contribution in [-0.4, -0.2) is 50.2 Å². The van der Waals surface area contributed by atoms with Gasteiger partial charge in [0.25, 0.3) is 0 Å². The summed E-state index contributed by atoms with van der Waals surface area (Å²) in [5.41, 5.74) is 6.57. The molecule has 122 valence electrons. The number of anilines is 1. The Hall–Kier alpha value is -1.97. The van der Waals surface area contributed by atoms with Crippen LogP contribution in [0.5, 0.6) is 0 Å². The highest BCUT2D eigenvalue weighted by atomic mass is 16.7. The largest absolute Gasteiger partial charge is 0.492 e. The molecule has 0 aromatic carbocycles. The number of hydrogen-bond donors (Lipinski definition) is 3. The molecule has 0 saturated carbocycles. The molecule has 0 bridgehead atoms. The van der Waals surface area contributed by atoms with Gasteiger partial charge >= 0.3 is 7.12 Å². The third-order valence-electron chi connectivity index (χ3n) is 4.48. The van der Waals surface area contributed by atoms with Gasteiger partial charge in [0.1, 0.15) is 12.1 Å². The second kappa shape index (κ2) is 5.29. The van der Waals surface area contributed by atoms with Crippen LogP contribution >= 0.6 is 0 Å². The number of aromatic nitrogens is 4. The standard InChI is InChI=1S/C14H20BN5O3/c1-13(2)14(3,4)23-15(22-13)8(6-21)5-9-10-11(16)17-7-18-12(10)20-19-9/h5,7,21H,6H2,1-4H3,(H3,16,17,18,19,20). The molecule has 0 unspecified atom stereocenters. The van der Waals surface area contributed by atoms with Crippen molar-refractivity contribution in [3.05, 3.63) is 17.5 Å². The SMILES string of the molecule is CC1(C)OB(C(=Cc2[nH]nc3ncnc(N)c23)CO)OC1(C)C. The van der Waals surface area contributed by atoms with E-state index in [2.05, 4.69) is 20.2 Å². The van der Waals surface area contributed by atoms with Gasteiger partial charge in [-0.1, -0.05) is 0 Å². The van der Waals surface area contributed by atoms with Crippen molar-refractivity contribution in [2.24, 2.45) is 0 Å². The molecule has 1 aliphatic rings. The van der Waals surface area contributed by atoms with Crippen LogP contribution < -0.4 is 5.73 Å². The topological polar surface area (TPSA) is 119 Å². The lowest BCUT2D eigenvalue weighted by atomic mass is 9.78. The summed E-state index contributed by atoms with van der Waals surface area (Å²) in [5.74, 6) is 0.321. The van der Waals surface area contributed by atoms with Crippen molar-refractivity contribution < 1.29 is 14.4 Å². The Morgan fingerprint density at radius 1 is 1.30 bits per heavy atom. The molecule has 8 nitrogen and oxygen atoms in total. The van der Waals surface area contributed by atoms with Crippen LogP contribution in [0.4, 0.5) is 5.82 Å². The zero-order valence-electron chi connectivity index (χ0n) is 13.6.